The smallest absolute Gasteiger partial charge is 0.00930 e. The van der Waals surface area contributed by atoms with Crippen LogP contribution in [0.3, 0.4) is 0 Å². The van der Waals surface area contributed by atoms with Crippen molar-refractivity contribution < 1.29 is 0 Å². The van der Waals surface area contributed by atoms with Gasteiger partial charge < -0.3 is 0 Å². The molecule has 0 aliphatic heterocycles. The fraction of sp³-hybridized carbons (Fsp3) is 0.583. The molecule has 0 saturated carbocycles. The monoisotopic (exact) mass is 164 g/mol. The van der Waals surface area contributed by atoms with Crippen LogP contribution in [-0.2, 0) is 0 Å². The lowest BCUT2D eigenvalue weighted by molar-refractivity contribution is 0.728. The number of hydrogen-bond donors (Lipinski definition) is 0. The Balaban J connectivity index is 3.20. The molecular formula is C12H20. The lowest BCUT2D eigenvalue weighted by Gasteiger charge is -1.90. The summed E-state index contributed by atoms with van der Waals surface area (Å²) < 4.78 is 0. The van der Waals surface area contributed by atoms with E-state index in [0.717, 1.165) is 6.42 Å². The number of allylic oxidation sites excluding steroid dienone is 3. The van der Waals surface area contributed by atoms with Crippen molar-refractivity contribution in [3.63, 3.8) is 0 Å². The molecule has 0 spiro atoms. The predicted octanol–water partition coefficient (Wildman–Crippen LogP) is 4.24. The summed E-state index contributed by atoms with van der Waals surface area (Å²) in [6.07, 6.45) is 14.7. The zero-order valence-electron chi connectivity index (χ0n) is 8.34. The van der Waals surface area contributed by atoms with Crippen molar-refractivity contribution in [3.8, 4) is 0 Å². The molecule has 0 N–H and O–H groups in total. The molecule has 0 nitrogen and oxygen atoms in total. The largest absolute Gasteiger partial charge is 0.130 e. The summed E-state index contributed by atoms with van der Waals surface area (Å²) in [5.74, 6) is 0. The Morgan fingerprint density at radius 2 is 2.00 bits per heavy atom. The lowest BCUT2D eigenvalue weighted by Crippen LogP contribution is -1.70. The Labute approximate surface area is 76.7 Å². The van der Waals surface area contributed by atoms with E-state index in [1.807, 2.05) is 13.0 Å². The molecule has 0 amide bonds. The average Bonchev–Trinajstić information content (AvgIpc) is 2.10. The van der Waals surface area contributed by atoms with Crippen molar-refractivity contribution in [2.75, 3.05) is 0 Å². The van der Waals surface area contributed by atoms with E-state index in [1.165, 1.54) is 25.7 Å². The fourth-order valence-electron chi connectivity index (χ4n) is 0.980. The molecular weight excluding hydrogens is 144 g/mol. The van der Waals surface area contributed by atoms with E-state index in [1.54, 1.807) is 0 Å². The highest BCUT2D eigenvalue weighted by atomic mass is 13.9. The second-order valence-corrected chi connectivity index (χ2v) is 2.86. The van der Waals surface area contributed by atoms with Gasteiger partial charge in [0.2, 0.25) is 0 Å². The molecule has 12 heavy (non-hydrogen) atoms. The third-order valence-corrected chi connectivity index (χ3v) is 1.68. The maximum Gasteiger partial charge on any atom is -0.00930 e. The number of unbranched alkanes of at least 4 members (excludes halogenated alkanes) is 3. The maximum atomic E-state index is 3.05. The van der Waals surface area contributed by atoms with Crippen molar-refractivity contribution in [2.45, 2.75) is 46.0 Å². The molecule has 0 aromatic carbocycles. The summed E-state index contributed by atoms with van der Waals surface area (Å²) in [5, 5.41) is 0. The van der Waals surface area contributed by atoms with Gasteiger partial charge in [-0.3, -0.25) is 0 Å². The van der Waals surface area contributed by atoms with E-state index >= 15 is 0 Å². The van der Waals surface area contributed by atoms with Gasteiger partial charge in [0, 0.05) is 0 Å². The van der Waals surface area contributed by atoms with Crippen LogP contribution >= 0.6 is 0 Å². The Kier molecular flexibility index (Phi) is 9.63. The van der Waals surface area contributed by atoms with Crippen molar-refractivity contribution in [2.24, 2.45) is 0 Å². The molecule has 68 valence electrons. The van der Waals surface area contributed by atoms with Crippen LogP contribution < -0.4 is 0 Å². The standard InChI is InChI=1S/C12H20/c1-3-5-7-9-11-12-10-8-6-4-2/h3,7,11-12H,4,6,8-10H2,1-2H3. The summed E-state index contributed by atoms with van der Waals surface area (Å²) in [7, 11) is 0. The first-order valence-electron chi connectivity index (χ1n) is 4.92. The topological polar surface area (TPSA) is 0 Å². The SMILES string of the molecule is CC=C=CCC=CCCCCC. The van der Waals surface area contributed by atoms with Gasteiger partial charge in [0.1, 0.15) is 0 Å². The first-order chi connectivity index (χ1) is 5.91. The summed E-state index contributed by atoms with van der Waals surface area (Å²) in [6.45, 7) is 4.22. The molecule has 0 atom stereocenters. The van der Waals surface area contributed by atoms with E-state index in [-0.39, 0.29) is 0 Å². The molecule has 0 heteroatoms. The third kappa shape index (κ3) is 9.26. The Morgan fingerprint density at radius 3 is 2.67 bits per heavy atom. The van der Waals surface area contributed by atoms with Crippen LogP contribution in [0.1, 0.15) is 46.0 Å². The summed E-state index contributed by atoms with van der Waals surface area (Å²) in [5.41, 5.74) is 3.05. The number of hydrogen-bond acceptors (Lipinski definition) is 0. The molecule has 0 aliphatic rings. The zero-order valence-corrected chi connectivity index (χ0v) is 8.34. The second kappa shape index (κ2) is 10.3. The summed E-state index contributed by atoms with van der Waals surface area (Å²) in [4.78, 5) is 0. The molecule has 0 aromatic heterocycles. The average molecular weight is 164 g/mol. The maximum absolute atomic E-state index is 3.05. The highest BCUT2D eigenvalue weighted by molar-refractivity contribution is 4.92. The van der Waals surface area contributed by atoms with Gasteiger partial charge >= 0.3 is 0 Å². The lowest BCUT2D eigenvalue weighted by atomic mass is 10.2. The zero-order chi connectivity index (χ0) is 9.07. The first-order valence-corrected chi connectivity index (χ1v) is 4.92. The molecule has 0 aliphatic carbocycles. The summed E-state index contributed by atoms with van der Waals surface area (Å²) >= 11 is 0. The molecule has 0 aromatic rings. The van der Waals surface area contributed by atoms with E-state index in [2.05, 4.69) is 30.9 Å². The van der Waals surface area contributed by atoms with Gasteiger partial charge in [-0.25, -0.2) is 0 Å². The van der Waals surface area contributed by atoms with E-state index < -0.39 is 0 Å². The van der Waals surface area contributed by atoms with Crippen LogP contribution in [0.2, 0.25) is 0 Å². The molecule has 0 unspecified atom stereocenters. The van der Waals surface area contributed by atoms with Crippen molar-refractivity contribution >= 4 is 0 Å². The van der Waals surface area contributed by atoms with Crippen molar-refractivity contribution in [3.05, 3.63) is 30.0 Å². The quantitative estimate of drug-likeness (QED) is 0.313. The fourth-order valence-corrected chi connectivity index (χ4v) is 0.980. The molecule has 0 rings (SSSR count). The Hall–Kier alpha value is -0.740. The van der Waals surface area contributed by atoms with Crippen LogP contribution in [0.15, 0.2) is 30.0 Å². The molecule has 0 fully saturated rings. The van der Waals surface area contributed by atoms with Crippen LogP contribution in [0.25, 0.3) is 0 Å². The molecule has 0 heterocycles. The highest BCUT2D eigenvalue weighted by Gasteiger charge is 1.80. The minimum absolute atomic E-state index is 1.02. The highest BCUT2D eigenvalue weighted by Crippen LogP contribution is 1.99. The Morgan fingerprint density at radius 1 is 1.17 bits per heavy atom. The van der Waals surface area contributed by atoms with Gasteiger partial charge in [0.05, 0.1) is 0 Å². The van der Waals surface area contributed by atoms with Gasteiger partial charge in [0.15, 0.2) is 0 Å². The number of rotatable bonds is 6. The Bertz CT molecular complexity index is 157. The molecule has 0 radical (unpaired) electrons. The van der Waals surface area contributed by atoms with Gasteiger partial charge in [-0.05, 0) is 38.3 Å². The predicted molar refractivity (Wildman–Crippen MR) is 56.2 cm³/mol. The van der Waals surface area contributed by atoms with Gasteiger partial charge in [-0.1, -0.05) is 31.9 Å². The van der Waals surface area contributed by atoms with Crippen LogP contribution in [-0.4, -0.2) is 0 Å². The van der Waals surface area contributed by atoms with Crippen LogP contribution in [0, 0.1) is 0 Å². The van der Waals surface area contributed by atoms with Crippen molar-refractivity contribution in [1.29, 1.82) is 0 Å². The minimum atomic E-state index is 1.02. The summed E-state index contributed by atoms with van der Waals surface area (Å²) in [6, 6.07) is 0. The molecule has 0 saturated heterocycles. The van der Waals surface area contributed by atoms with E-state index in [4.69, 9.17) is 0 Å². The third-order valence-electron chi connectivity index (χ3n) is 1.68. The van der Waals surface area contributed by atoms with Crippen LogP contribution in [0.4, 0.5) is 0 Å². The van der Waals surface area contributed by atoms with E-state index in [9.17, 15) is 0 Å². The minimum Gasteiger partial charge on any atom is -0.130 e. The first kappa shape index (κ1) is 11.3. The van der Waals surface area contributed by atoms with Crippen LogP contribution in [0.5, 0.6) is 0 Å². The van der Waals surface area contributed by atoms with Gasteiger partial charge in [0.25, 0.3) is 0 Å². The van der Waals surface area contributed by atoms with Gasteiger partial charge in [-0.15, -0.1) is 5.73 Å². The molecule has 0 bridgehead atoms. The van der Waals surface area contributed by atoms with Crippen molar-refractivity contribution in [1.82, 2.24) is 0 Å². The second-order valence-electron chi connectivity index (χ2n) is 2.86. The normalized spacial score (nSPS) is 9.83. The van der Waals surface area contributed by atoms with E-state index in [0.29, 0.717) is 0 Å². The van der Waals surface area contributed by atoms with Gasteiger partial charge in [-0.2, -0.15) is 0 Å².